The molecule has 2 saturated heterocycles. The highest BCUT2D eigenvalue weighted by atomic mass is 19.4. The number of hydrogen-bond donors (Lipinski definition) is 2. The van der Waals surface area contributed by atoms with Crippen LogP contribution >= 0.6 is 0 Å². The first-order chi connectivity index (χ1) is 21.4. The van der Waals surface area contributed by atoms with E-state index in [0.717, 1.165) is 31.8 Å². The van der Waals surface area contributed by atoms with Gasteiger partial charge < -0.3 is 25.2 Å². The first kappa shape index (κ1) is 35.5. The maximum atomic E-state index is 15.8. The second kappa shape index (κ2) is 15.8. The van der Waals surface area contributed by atoms with Crippen molar-refractivity contribution in [3.05, 3.63) is 65.6 Å². The zero-order valence-corrected chi connectivity index (χ0v) is 26.0. The fourth-order valence-corrected chi connectivity index (χ4v) is 5.46. The lowest BCUT2D eigenvalue weighted by Gasteiger charge is -2.44. The fraction of sp³-hybridized carbons (Fsp3) is 0.438. The number of rotatable bonds is 8. The highest BCUT2D eigenvalue weighted by Crippen LogP contribution is 2.38. The van der Waals surface area contributed by atoms with Crippen molar-refractivity contribution in [2.75, 3.05) is 68.7 Å². The summed E-state index contributed by atoms with van der Waals surface area (Å²) in [5.41, 5.74) is 0.181. The number of carbonyl (C=O) groups is 2. The van der Waals surface area contributed by atoms with Gasteiger partial charge in [-0.1, -0.05) is 18.2 Å². The minimum atomic E-state index is -4.86. The lowest BCUT2D eigenvalue weighted by atomic mass is 10.0. The molecule has 2 heterocycles. The van der Waals surface area contributed by atoms with Gasteiger partial charge in [0.15, 0.2) is 0 Å². The summed E-state index contributed by atoms with van der Waals surface area (Å²) in [6.07, 6.45) is -3.22. The van der Waals surface area contributed by atoms with Crippen molar-refractivity contribution in [1.82, 2.24) is 10.2 Å². The number of allylic oxidation sites excluding steroid dienone is 1. The largest absolute Gasteiger partial charge is 0.416 e. The van der Waals surface area contributed by atoms with E-state index in [1.807, 2.05) is 43.2 Å². The second-order valence-corrected chi connectivity index (χ2v) is 10.8. The number of piperazine rings is 1. The molecule has 2 N–H and O–H groups in total. The molecule has 0 spiro atoms. The normalized spacial score (nSPS) is 19.9. The van der Waals surface area contributed by atoms with Gasteiger partial charge in [-0.05, 0) is 57.6 Å². The Bertz CT molecular complexity index is 1360. The summed E-state index contributed by atoms with van der Waals surface area (Å²) in [5.74, 6) is -1.63. The van der Waals surface area contributed by atoms with Gasteiger partial charge in [-0.3, -0.25) is 18.9 Å². The van der Waals surface area contributed by atoms with E-state index in [2.05, 4.69) is 15.1 Å². The van der Waals surface area contributed by atoms with Crippen LogP contribution in [-0.2, 0) is 14.3 Å². The number of nitrogens with zero attached hydrogens (tertiary/aromatic N) is 3. The molecule has 2 atom stereocenters. The van der Waals surface area contributed by atoms with Crippen LogP contribution in [0.15, 0.2) is 59.8 Å². The first-order valence-electron chi connectivity index (χ1n) is 14.5. The Morgan fingerprint density at radius 2 is 1.60 bits per heavy atom. The van der Waals surface area contributed by atoms with E-state index >= 15 is 4.39 Å². The van der Waals surface area contributed by atoms with E-state index in [0.29, 0.717) is 50.9 Å². The fourth-order valence-electron chi connectivity index (χ4n) is 5.46. The molecule has 2 aromatic rings. The Kier molecular flexibility index (Phi) is 12.5. The topological polar surface area (TPSA) is 77.1 Å². The molecular formula is C32H40F5N5O3. The van der Waals surface area contributed by atoms with Crippen molar-refractivity contribution in [3.63, 3.8) is 0 Å². The molecule has 13 heteroatoms. The monoisotopic (exact) mass is 637 g/mol. The number of nitrogens with one attached hydrogen (secondary N) is 2. The maximum absolute atomic E-state index is 15.8. The molecule has 0 saturated carbocycles. The van der Waals surface area contributed by atoms with E-state index in [1.54, 1.807) is 12.1 Å². The van der Waals surface area contributed by atoms with Gasteiger partial charge in [-0.15, -0.1) is 0 Å². The van der Waals surface area contributed by atoms with Crippen LogP contribution in [0, 0.1) is 5.82 Å². The lowest BCUT2D eigenvalue weighted by Crippen LogP contribution is -2.55. The summed E-state index contributed by atoms with van der Waals surface area (Å²) in [7, 11) is 2.49. The van der Waals surface area contributed by atoms with Crippen LogP contribution in [0.5, 0.6) is 0 Å². The van der Waals surface area contributed by atoms with Crippen LogP contribution < -0.4 is 20.4 Å². The second-order valence-electron chi connectivity index (χ2n) is 10.8. The third-order valence-corrected chi connectivity index (χ3v) is 8.01. The average molecular weight is 638 g/mol. The minimum Gasteiger partial charge on any atom is -0.378 e. The molecule has 2 amide bonds. The Labute approximate surface area is 260 Å². The van der Waals surface area contributed by atoms with Gasteiger partial charge in [0.1, 0.15) is 5.82 Å². The van der Waals surface area contributed by atoms with Gasteiger partial charge in [-0.2, -0.15) is 13.2 Å². The average Bonchev–Trinajstić information content (AvgIpc) is 3.03. The molecule has 2 unspecified atom stereocenters. The number of anilines is 3. The van der Waals surface area contributed by atoms with Crippen LogP contribution in [0.25, 0.3) is 11.1 Å². The standard InChI is InChI=1S/C31H37F4N5O3.CH3F/c1-5-26(31(33,34)35)25(16-36-19-41)30(42)37-28-14-24(22-6-8-23(9-7-22)39-10-12-43-13-11-39)27(32)15-29(28)40-17-20(2)38(4)21(3)18-40;1-2/h5-9,14-16,19-21H,10-13,17-18H2,1-4H3,(H,36,41)(H,37,42);1H3/b25-16+,26-5+;. The number of carbonyl (C=O) groups excluding carboxylic acids is 2. The number of hydrogen-bond acceptors (Lipinski definition) is 6. The summed E-state index contributed by atoms with van der Waals surface area (Å²) >= 11 is 0. The smallest absolute Gasteiger partial charge is 0.378 e. The van der Waals surface area contributed by atoms with E-state index < -0.39 is 29.0 Å². The van der Waals surface area contributed by atoms with Gasteiger partial charge in [0.05, 0.1) is 42.9 Å². The molecule has 0 radical (unpaired) electrons. The van der Waals surface area contributed by atoms with Crippen molar-refractivity contribution in [2.45, 2.75) is 39.0 Å². The number of morpholine rings is 1. The number of alkyl halides is 4. The SMILES string of the molecule is C/C=C(\C(=C/NC=O)C(=O)Nc1cc(-c2ccc(N3CCOCC3)cc2)c(F)cc1N1CC(C)N(C)C(C)C1)C(F)(F)F.CF. The van der Waals surface area contributed by atoms with E-state index in [4.69, 9.17) is 4.74 Å². The molecule has 0 aliphatic carbocycles. The maximum Gasteiger partial charge on any atom is 0.416 e. The van der Waals surface area contributed by atoms with Crippen molar-refractivity contribution >= 4 is 29.4 Å². The molecule has 2 aliphatic heterocycles. The minimum absolute atomic E-state index is 0.0925. The zero-order chi connectivity index (χ0) is 33.3. The van der Waals surface area contributed by atoms with Crippen LogP contribution in [0.2, 0.25) is 0 Å². The molecule has 4 rings (SSSR count). The van der Waals surface area contributed by atoms with Gasteiger partial charge in [-0.25, -0.2) is 4.39 Å². The number of likely N-dealkylation sites (N-methyl/N-ethyl adjacent to an activating group) is 1. The predicted molar refractivity (Wildman–Crippen MR) is 167 cm³/mol. The van der Waals surface area contributed by atoms with Crippen LogP contribution in [0.4, 0.5) is 39.0 Å². The van der Waals surface area contributed by atoms with Crippen LogP contribution in [-0.4, -0.2) is 89.1 Å². The molecule has 2 aromatic carbocycles. The lowest BCUT2D eigenvalue weighted by molar-refractivity contribution is -0.115. The van der Waals surface area contributed by atoms with Crippen molar-refractivity contribution in [3.8, 4) is 11.1 Å². The molecule has 45 heavy (non-hydrogen) atoms. The van der Waals surface area contributed by atoms with Crippen LogP contribution in [0.3, 0.4) is 0 Å². The number of benzene rings is 2. The number of ether oxygens (including phenoxy) is 1. The molecule has 8 nitrogen and oxygen atoms in total. The number of amides is 2. The third-order valence-electron chi connectivity index (χ3n) is 8.01. The highest BCUT2D eigenvalue weighted by molar-refractivity contribution is 6.09. The predicted octanol–water partition coefficient (Wildman–Crippen LogP) is 5.52. The van der Waals surface area contributed by atoms with E-state index in [-0.39, 0.29) is 29.7 Å². The molecular weight excluding hydrogens is 597 g/mol. The third kappa shape index (κ3) is 8.60. The summed E-state index contributed by atoms with van der Waals surface area (Å²) in [6.45, 7) is 8.93. The quantitative estimate of drug-likeness (QED) is 0.172. The Morgan fingerprint density at radius 1 is 1.00 bits per heavy atom. The Hall–Kier alpha value is -3.97. The zero-order valence-electron chi connectivity index (χ0n) is 26.0. The summed E-state index contributed by atoms with van der Waals surface area (Å²) in [6, 6.07) is 10.3. The van der Waals surface area contributed by atoms with Gasteiger partial charge >= 0.3 is 6.18 Å². The molecule has 246 valence electrons. The van der Waals surface area contributed by atoms with Gasteiger partial charge in [0, 0.05) is 55.7 Å². The van der Waals surface area contributed by atoms with E-state index in [9.17, 15) is 27.2 Å². The summed E-state index contributed by atoms with van der Waals surface area (Å²) in [4.78, 5) is 30.6. The Balaban J connectivity index is 0.00000271. The Morgan fingerprint density at radius 3 is 2.13 bits per heavy atom. The summed E-state index contributed by atoms with van der Waals surface area (Å²) < 4.78 is 72.2. The molecule has 0 aromatic heterocycles. The molecule has 0 bridgehead atoms. The highest BCUT2D eigenvalue weighted by Gasteiger charge is 2.38. The van der Waals surface area contributed by atoms with E-state index in [1.165, 1.54) is 12.1 Å². The first-order valence-corrected chi connectivity index (χ1v) is 14.5. The van der Waals surface area contributed by atoms with Gasteiger partial charge in [0.25, 0.3) is 5.91 Å². The van der Waals surface area contributed by atoms with Crippen molar-refractivity contribution in [2.24, 2.45) is 0 Å². The number of halogens is 5. The molecule has 2 fully saturated rings. The van der Waals surface area contributed by atoms with Gasteiger partial charge in [0.2, 0.25) is 6.41 Å². The molecule has 2 aliphatic rings. The summed E-state index contributed by atoms with van der Waals surface area (Å²) in [5, 5.41) is 4.64. The van der Waals surface area contributed by atoms with Crippen molar-refractivity contribution in [1.29, 1.82) is 0 Å². The van der Waals surface area contributed by atoms with Crippen molar-refractivity contribution < 1.29 is 36.3 Å². The van der Waals surface area contributed by atoms with Crippen LogP contribution in [0.1, 0.15) is 20.8 Å².